The van der Waals surface area contributed by atoms with Gasteiger partial charge in [0.1, 0.15) is 0 Å². The summed E-state index contributed by atoms with van der Waals surface area (Å²) in [5.41, 5.74) is 7.85. The minimum atomic E-state index is -0.112. The molecule has 0 spiro atoms. The zero-order valence-electron chi connectivity index (χ0n) is 26.8. The van der Waals surface area contributed by atoms with Crippen molar-refractivity contribution in [2.75, 3.05) is 13.1 Å². The van der Waals surface area contributed by atoms with Crippen LogP contribution in [0.25, 0.3) is 0 Å². The zero-order chi connectivity index (χ0) is 28.8. The maximum absolute atomic E-state index is 5.64. The highest BCUT2D eigenvalue weighted by Crippen LogP contribution is 2.16. The smallest absolute Gasteiger partial charge is 0.0564 e. The van der Waals surface area contributed by atoms with Crippen LogP contribution in [-0.2, 0) is 0 Å². The Morgan fingerprint density at radius 1 is 0.778 bits per heavy atom. The summed E-state index contributed by atoms with van der Waals surface area (Å²) in [5, 5.41) is 3.61. The Kier molecular flexibility index (Phi) is 23.4. The van der Waals surface area contributed by atoms with Crippen molar-refractivity contribution in [2.45, 2.75) is 139 Å². The molecule has 1 aromatic carbocycles. The highest BCUT2D eigenvalue weighted by molar-refractivity contribution is 5.84. The lowest BCUT2D eigenvalue weighted by atomic mass is 9.98. The number of hydrogen-bond acceptors (Lipinski definition) is 4. The lowest BCUT2D eigenvalue weighted by Crippen LogP contribution is -2.40. The summed E-state index contributed by atoms with van der Waals surface area (Å²) < 4.78 is 0. The molecular formula is C32H64N4. The summed E-state index contributed by atoms with van der Waals surface area (Å²) in [5.74, 6) is 0.884. The van der Waals surface area contributed by atoms with E-state index in [1.54, 1.807) is 0 Å². The fourth-order valence-electron chi connectivity index (χ4n) is 2.48. The fourth-order valence-corrected chi connectivity index (χ4v) is 2.48. The largest absolute Gasteiger partial charge is 0.330 e. The van der Waals surface area contributed by atoms with Crippen LogP contribution in [0.2, 0.25) is 0 Å². The number of aliphatic imine (C=N–C) groups is 2. The molecule has 36 heavy (non-hydrogen) atoms. The molecule has 0 atom stereocenters. The van der Waals surface area contributed by atoms with Gasteiger partial charge in [-0.3, -0.25) is 9.98 Å². The van der Waals surface area contributed by atoms with Gasteiger partial charge in [0.25, 0.3) is 0 Å². The maximum atomic E-state index is 5.64. The Hall–Kier alpha value is -1.52. The van der Waals surface area contributed by atoms with E-state index in [4.69, 9.17) is 10.7 Å². The van der Waals surface area contributed by atoms with E-state index in [9.17, 15) is 0 Å². The number of hydrogen-bond donors (Lipinski definition) is 2. The normalized spacial score (nSPS) is 12.0. The average molecular weight is 505 g/mol. The quantitative estimate of drug-likeness (QED) is 0.280. The van der Waals surface area contributed by atoms with Crippen molar-refractivity contribution in [1.82, 2.24) is 5.32 Å². The summed E-state index contributed by atoms with van der Waals surface area (Å²) >= 11 is 0. The highest BCUT2D eigenvalue weighted by atomic mass is 15.0. The summed E-state index contributed by atoms with van der Waals surface area (Å²) in [6.45, 7) is 31.5. The van der Waals surface area contributed by atoms with Crippen molar-refractivity contribution >= 4 is 12.4 Å². The van der Waals surface area contributed by atoms with Crippen LogP contribution >= 0.6 is 0 Å². The number of nitrogens with zero attached hydrogens (tertiary/aromatic N) is 2. The number of nitrogens with one attached hydrogen (secondary N) is 1. The lowest BCUT2D eigenvalue weighted by Gasteiger charge is -2.27. The molecule has 0 saturated heterocycles. The standard InChI is InChI=1S/C23H40N4.C5H12.2C2H6/c1-8-21(2,3)25-16-14-23(6,7)27-18-20-11-9-19(10-12-20)17-26-22(4,5)13-15-24;1-4-5(2)3;2*1-2/h9-12,17-18,25H,8,13-16,24H2,1-7H3;5H,4H2,1-3H3;2*1-2H3. The molecule has 0 amide bonds. The first kappa shape index (κ1) is 39.0. The van der Waals surface area contributed by atoms with Crippen molar-refractivity contribution in [2.24, 2.45) is 21.6 Å². The minimum Gasteiger partial charge on any atom is -0.330 e. The minimum absolute atomic E-state index is 0.0802. The van der Waals surface area contributed by atoms with Gasteiger partial charge in [-0.15, -0.1) is 0 Å². The van der Waals surface area contributed by atoms with Gasteiger partial charge in [0, 0.05) is 18.0 Å². The van der Waals surface area contributed by atoms with Gasteiger partial charge in [-0.2, -0.15) is 0 Å². The van der Waals surface area contributed by atoms with Gasteiger partial charge in [0.2, 0.25) is 0 Å². The summed E-state index contributed by atoms with van der Waals surface area (Å²) in [7, 11) is 0. The molecule has 0 aliphatic carbocycles. The van der Waals surface area contributed by atoms with Gasteiger partial charge in [0.15, 0.2) is 0 Å². The van der Waals surface area contributed by atoms with Crippen LogP contribution in [0.3, 0.4) is 0 Å². The van der Waals surface area contributed by atoms with Crippen LogP contribution < -0.4 is 11.1 Å². The zero-order valence-corrected chi connectivity index (χ0v) is 26.8. The summed E-state index contributed by atoms with van der Waals surface area (Å²) in [4.78, 5) is 9.44. The van der Waals surface area contributed by atoms with Crippen molar-refractivity contribution in [3.63, 3.8) is 0 Å². The summed E-state index contributed by atoms with van der Waals surface area (Å²) in [6.07, 6.45) is 8.23. The van der Waals surface area contributed by atoms with Crippen LogP contribution in [0.15, 0.2) is 34.3 Å². The molecule has 1 rings (SSSR count). The third kappa shape index (κ3) is 22.9. The molecule has 1 aromatic rings. The molecule has 0 fully saturated rings. The van der Waals surface area contributed by atoms with E-state index >= 15 is 0 Å². The van der Waals surface area contributed by atoms with Gasteiger partial charge >= 0.3 is 0 Å². The predicted octanol–water partition coefficient (Wildman–Crippen LogP) is 8.70. The first-order valence-electron chi connectivity index (χ1n) is 14.4. The second-order valence-corrected chi connectivity index (χ2v) is 11.1. The molecular weight excluding hydrogens is 440 g/mol. The van der Waals surface area contributed by atoms with Crippen LogP contribution in [0.1, 0.15) is 134 Å². The van der Waals surface area contributed by atoms with E-state index in [1.165, 1.54) is 6.42 Å². The van der Waals surface area contributed by atoms with Crippen molar-refractivity contribution < 1.29 is 0 Å². The second-order valence-electron chi connectivity index (χ2n) is 11.1. The third-order valence-corrected chi connectivity index (χ3v) is 5.86. The molecule has 0 aliphatic heterocycles. The SMILES string of the molecule is CC.CC.CCC(C)(C)NCCC(C)(C)N=Cc1ccc(C=NC(C)(C)CCN)cc1.CCC(C)C. The van der Waals surface area contributed by atoms with E-state index in [0.29, 0.717) is 6.54 Å². The highest BCUT2D eigenvalue weighted by Gasteiger charge is 2.18. The molecule has 4 nitrogen and oxygen atoms in total. The Morgan fingerprint density at radius 3 is 1.44 bits per heavy atom. The van der Waals surface area contributed by atoms with Crippen LogP contribution in [0, 0.1) is 5.92 Å². The Balaban J connectivity index is -0.00000105. The molecule has 0 aromatic heterocycles. The van der Waals surface area contributed by atoms with Crippen LogP contribution in [-0.4, -0.2) is 42.1 Å². The van der Waals surface area contributed by atoms with E-state index in [-0.39, 0.29) is 16.6 Å². The van der Waals surface area contributed by atoms with Gasteiger partial charge in [-0.25, -0.2) is 0 Å². The van der Waals surface area contributed by atoms with E-state index in [2.05, 4.69) is 104 Å². The van der Waals surface area contributed by atoms with Crippen molar-refractivity contribution in [1.29, 1.82) is 0 Å². The van der Waals surface area contributed by atoms with E-state index < -0.39 is 0 Å². The van der Waals surface area contributed by atoms with Crippen LogP contribution in [0.4, 0.5) is 0 Å². The topological polar surface area (TPSA) is 62.8 Å². The van der Waals surface area contributed by atoms with Gasteiger partial charge in [-0.1, -0.05) is 86.1 Å². The number of benzene rings is 1. The average Bonchev–Trinajstić information content (AvgIpc) is 2.85. The van der Waals surface area contributed by atoms with Gasteiger partial charge in [-0.05, 0) is 90.9 Å². The fraction of sp³-hybridized carbons (Fsp3) is 0.750. The van der Waals surface area contributed by atoms with E-state index in [1.807, 2.05) is 40.1 Å². The Bertz CT molecular complexity index is 668. The van der Waals surface area contributed by atoms with Gasteiger partial charge in [0.05, 0.1) is 11.1 Å². The molecule has 0 bridgehead atoms. The number of nitrogens with two attached hydrogens (primary N) is 1. The summed E-state index contributed by atoms with van der Waals surface area (Å²) in [6, 6.07) is 8.36. The molecule has 0 heterocycles. The maximum Gasteiger partial charge on any atom is 0.0564 e. The third-order valence-electron chi connectivity index (χ3n) is 5.86. The molecule has 0 unspecified atom stereocenters. The molecule has 4 heteroatoms. The molecule has 0 aliphatic rings. The lowest BCUT2D eigenvalue weighted by molar-refractivity contribution is 0.349. The Morgan fingerprint density at radius 2 is 1.14 bits per heavy atom. The second kappa shape index (κ2) is 21.6. The molecule has 0 saturated carbocycles. The Labute approximate surface area is 227 Å². The first-order valence-corrected chi connectivity index (χ1v) is 14.4. The number of rotatable bonds is 12. The molecule has 0 radical (unpaired) electrons. The monoisotopic (exact) mass is 505 g/mol. The molecule has 3 N–H and O–H groups in total. The van der Waals surface area contributed by atoms with Gasteiger partial charge < -0.3 is 11.1 Å². The van der Waals surface area contributed by atoms with Crippen molar-refractivity contribution in [3.8, 4) is 0 Å². The van der Waals surface area contributed by atoms with Crippen LogP contribution in [0.5, 0.6) is 0 Å². The first-order chi connectivity index (χ1) is 16.8. The van der Waals surface area contributed by atoms with E-state index in [0.717, 1.165) is 42.9 Å². The van der Waals surface area contributed by atoms with Crippen molar-refractivity contribution in [3.05, 3.63) is 35.4 Å². The molecule has 212 valence electrons. The predicted molar refractivity (Wildman–Crippen MR) is 168 cm³/mol.